The van der Waals surface area contributed by atoms with Crippen LogP contribution in [0.2, 0.25) is 10.0 Å². The molecule has 33 heavy (non-hydrogen) atoms. The van der Waals surface area contributed by atoms with Crippen LogP contribution in [0.25, 0.3) is 22.2 Å². The Morgan fingerprint density at radius 2 is 1.97 bits per heavy atom. The highest BCUT2D eigenvalue weighted by Gasteiger charge is 2.28. The lowest BCUT2D eigenvalue weighted by atomic mass is 10.1. The van der Waals surface area contributed by atoms with Crippen molar-refractivity contribution in [1.82, 2.24) is 20.2 Å². The zero-order valence-corrected chi connectivity index (χ0v) is 19.0. The predicted octanol–water partition coefficient (Wildman–Crippen LogP) is 4.52. The van der Waals surface area contributed by atoms with Gasteiger partial charge < -0.3 is 14.7 Å². The average molecular weight is 481 g/mol. The van der Waals surface area contributed by atoms with Crippen LogP contribution in [0.1, 0.15) is 24.2 Å². The van der Waals surface area contributed by atoms with E-state index in [0.29, 0.717) is 57.1 Å². The van der Waals surface area contributed by atoms with Crippen LogP contribution in [0.15, 0.2) is 42.9 Å². The summed E-state index contributed by atoms with van der Waals surface area (Å²) in [6.45, 7) is 2.80. The third-order valence-corrected chi connectivity index (χ3v) is 6.17. The van der Waals surface area contributed by atoms with E-state index < -0.39 is 6.10 Å². The zero-order chi connectivity index (χ0) is 23.1. The Morgan fingerprint density at radius 3 is 2.67 bits per heavy atom. The number of halogens is 2. The molecule has 3 aromatic heterocycles. The molecular formula is C23H18Cl2N6O2. The molecule has 0 radical (unpaired) electrons. The van der Waals surface area contributed by atoms with Gasteiger partial charge in [-0.2, -0.15) is 10.4 Å². The van der Waals surface area contributed by atoms with E-state index in [2.05, 4.69) is 26.2 Å². The SMILES string of the molecule is CC(Oc1ccc2[nH]nc(-c3cnc(N4CC(O)C4)c(C#N)c3)c2c1)c1c(Cl)cncc1Cl. The van der Waals surface area contributed by atoms with E-state index in [4.69, 9.17) is 27.9 Å². The highest BCUT2D eigenvalue weighted by atomic mass is 35.5. The van der Waals surface area contributed by atoms with Crippen molar-refractivity contribution in [3.8, 4) is 23.1 Å². The number of nitriles is 1. The molecule has 4 aromatic rings. The molecule has 2 N–H and O–H groups in total. The van der Waals surface area contributed by atoms with Gasteiger partial charge in [0, 0.05) is 48.2 Å². The van der Waals surface area contributed by atoms with Crippen LogP contribution in [0, 0.1) is 11.3 Å². The van der Waals surface area contributed by atoms with Gasteiger partial charge in [-0.1, -0.05) is 23.2 Å². The maximum absolute atomic E-state index is 9.63. The smallest absolute Gasteiger partial charge is 0.146 e. The normalized spacial score (nSPS) is 14.7. The van der Waals surface area contributed by atoms with Gasteiger partial charge in [0.15, 0.2) is 0 Å². The monoisotopic (exact) mass is 480 g/mol. The fraction of sp³-hybridized carbons (Fsp3) is 0.217. The van der Waals surface area contributed by atoms with Crippen molar-refractivity contribution in [3.63, 3.8) is 0 Å². The molecule has 4 heterocycles. The number of pyridine rings is 2. The number of benzene rings is 1. The Hall–Kier alpha value is -3.38. The van der Waals surface area contributed by atoms with E-state index in [-0.39, 0.29) is 6.10 Å². The van der Waals surface area contributed by atoms with Crippen molar-refractivity contribution >= 4 is 39.9 Å². The summed E-state index contributed by atoms with van der Waals surface area (Å²) in [4.78, 5) is 10.3. The first kappa shape index (κ1) is 21.5. The minimum atomic E-state index is -0.404. The molecule has 1 aliphatic rings. The molecule has 5 rings (SSSR count). The molecule has 0 aliphatic carbocycles. The summed E-state index contributed by atoms with van der Waals surface area (Å²) in [7, 11) is 0. The largest absolute Gasteiger partial charge is 0.486 e. The van der Waals surface area contributed by atoms with Crippen molar-refractivity contribution in [1.29, 1.82) is 5.26 Å². The number of hydrogen-bond donors (Lipinski definition) is 2. The van der Waals surface area contributed by atoms with E-state index in [0.717, 1.165) is 10.9 Å². The Kier molecular flexibility index (Phi) is 5.54. The molecule has 1 atom stereocenters. The zero-order valence-electron chi connectivity index (χ0n) is 17.5. The number of nitrogens with one attached hydrogen (secondary N) is 1. The van der Waals surface area contributed by atoms with Gasteiger partial charge in [-0.3, -0.25) is 10.1 Å². The molecule has 1 saturated heterocycles. The summed E-state index contributed by atoms with van der Waals surface area (Å²) in [5.74, 6) is 1.18. The molecule has 1 unspecified atom stereocenters. The summed E-state index contributed by atoms with van der Waals surface area (Å²) < 4.78 is 6.12. The molecule has 1 aromatic carbocycles. The number of anilines is 1. The Labute approximate surface area is 199 Å². The maximum Gasteiger partial charge on any atom is 0.146 e. The van der Waals surface area contributed by atoms with Gasteiger partial charge in [0.2, 0.25) is 0 Å². The molecule has 8 nitrogen and oxygen atoms in total. The van der Waals surface area contributed by atoms with Crippen LogP contribution in [-0.4, -0.2) is 44.5 Å². The number of fused-ring (bicyclic) bond motifs is 1. The van der Waals surface area contributed by atoms with Crippen molar-refractivity contribution in [2.45, 2.75) is 19.1 Å². The fourth-order valence-electron chi connectivity index (χ4n) is 3.91. The minimum Gasteiger partial charge on any atom is -0.486 e. The van der Waals surface area contributed by atoms with Gasteiger partial charge in [-0.15, -0.1) is 0 Å². The number of aromatic nitrogens is 4. The number of hydrogen-bond acceptors (Lipinski definition) is 7. The third-order valence-electron chi connectivity index (χ3n) is 5.57. The fourth-order valence-corrected chi connectivity index (χ4v) is 4.58. The quantitative estimate of drug-likeness (QED) is 0.431. The molecule has 10 heteroatoms. The molecule has 166 valence electrons. The van der Waals surface area contributed by atoms with E-state index in [9.17, 15) is 10.4 Å². The van der Waals surface area contributed by atoms with Crippen molar-refractivity contribution in [2.24, 2.45) is 0 Å². The molecule has 1 aliphatic heterocycles. The van der Waals surface area contributed by atoms with Gasteiger partial charge in [0.25, 0.3) is 0 Å². The number of β-amino-alcohol motifs (C(OH)–C–C–N with tert-alkyl or cyclic N) is 1. The van der Waals surface area contributed by atoms with Crippen LogP contribution in [0.3, 0.4) is 0 Å². The van der Waals surface area contributed by atoms with Crippen LogP contribution in [0.5, 0.6) is 5.75 Å². The second kappa shape index (κ2) is 8.52. The molecule has 0 saturated carbocycles. The molecule has 1 fully saturated rings. The standard InChI is InChI=1S/C23H18Cl2N6O2/c1-12(21-18(24)8-27-9-19(21)25)33-16-2-3-20-17(5-16)22(30-29-20)14-4-13(6-26)23(28-7-14)31-10-15(32)11-31/h2-5,7-9,12,15,32H,10-11H2,1H3,(H,29,30). The van der Waals surface area contributed by atoms with E-state index in [1.54, 1.807) is 12.3 Å². The lowest BCUT2D eigenvalue weighted by molar-refractivity contribution is 0.141. The first-order valence-electron chi connectivity index (χ1n) is 10.2. The van der Waals surface area contributed by atoms with Crippen molar-refractivity contribution in [3.05, 3.63) is 64.0 Å². The van der Waals surface area contributed by atoms with Crippen molar-refractivity contribution in [2.75, 3.05) is 18.0 Å². The topological polar surface area (TPSA) is 111 Å². The summed E-state index contributed by atoms with van der Waals surface area (Å²) in [6.07, 6.45) is 3.96. The lowest BCUT2D eigenvalue weighted by Crippen LogP contribution is -2.51. The second-order valence-corrected chi connectivity index (χ2v) is 8.64. The number of rotatable bonds is 5. The number of nitrogens with zero attached hydrogens (tertiary/aromatic N) is 5. The maximum atomic E-state index is 9.63. The summed E-state index contributed by atoms with van der Waals surface area (Å²) in [5.41, 5.74) is 3.27. The Morgan fingerprint density at radius 1 is 1.21 bits per heavy atom. The third kappa shape index (κ3) is 3.95. The molecular weight excluding hydrogens is 463 g/mol. The highest BCUT2D eigenvalue weighted by molar-refractivity contribution is 6.35. The van der Waals surface area contributed by atoms with Crippen molar-refractivity contribution < 1.29 is 9.84 Å². The van der Waals surface area contributed by atoms with Crippen LogP contribution < -0.4 is 9.64 Å². The Balaban J connectivity index is 1.47. The number of aromatic amines is 1. The van der Waals surface area contributed by atoms with Gasteiger partial charge in [0.05, 0.1) is 27.2 Å². The first-order chi connectivity index (χ1) is 15.9. The average Bonchev–Trinajstić information content (AvgIpc) is 3.20. The Bertz CT molecular complexity index is 1370. The van der Waals surface area contributed by atoms with Gasteiger partial charge >= 0.3 is 0 Å². The van der Waals surface area contributed by atoms with Gasteiger partial charge in [-0.25, -0.2) is 4.98 Å². The van der Waals surface area contributed by atoms with Crippen LogP contribution in [0.4, 0.5) is 5.82 Å². The number of ether oxygens (including phenoxy) is 1. The summed E-state index contributed by atoms with van der Waals surface area (Å²) in [6, 6.07) is 9.54. The molecule has 0 spiro atoms. The van der Waals surface area contributed by atoms with Gasteiger partial charge in [0.1, 0.15) is 29.4 Å². The molecule has 0 amide bonds. The lowest BCUT2D eigenvalue weighted by Gasteiger charge is -2.37. The number of H-pyrrole nitrogens is 1. The van der Waals surface area contributed by atoms with Crippen LogP contribution in [-0.2, 0) is 0 Å². The van der Waals surface area contributed by atoms with Crippen LogP contribution >= 0.6 is 23.2 Å². The highest BCUT2D eigenvalue weighted by Crippen LogP contribution is 2.35. The first-order valence-corrected chi connectivity index (χ1v) is 11.0. The molecule has 0 bridgehead atoms. The summed E-state index contributed by atoms with van der Waals surface area (Å²) >= 11 is 12.5. The number of aliphatic hydroxyl groups is 1. The van der Waals surface area contributed by atoms with E-state index >= 15 is 0 Å². The minimum absolute atomic E-state index is 0.383. The predicted molar refractivity (Wildman–Crippen MR) is 126 cm³/mol. The summed E-state index contributed by atoms with van der Waals surface area (Å²) in [5, 5.41) is 28.3. The number of aliphatic hydroxyl groups excluding tert-OH is 1. The van der Waals surface area contributed by atoms with Gasteiger partial charge in [-0.05, 0) is 31.2 Å². The van der Waals surface area contributed by atoms with E-state index in [1.165, 1.54) is 12.4 Å². The van der Waals surface area contributed by atoms with E-state index in [1.807, 2.05) is 30.0 Å². The second-order valence-electron chi connectivity index (χ2n) is 7.82.